The summed E-state index contributed by atoms with van der Waals surface area (Å²) in [5, 5.41) is 0. The van der Waals surface area contributed by atoms with Crippen molar-refractivity contribution in [3.63, 3.8) is 0 Å². The monoisotopic (exact) mass is 433 g/mol. The number of nitrogen functional groups attached to an aromatic ring is 1. The second-order valence-corrected chi connectivity index (χ2v) is 8.13. The minimum absolute atomic E-state index is 0.0221. The molecular weight excluding hydrogens is 406 g/mol. The highest BCUT2D eigenvalue weighted by atomic mass is 79.9. The average Bonchev–Trinajstić information content (AvgIpc) is 2.70. The van der Waals surface area contributed by atoms with Gasteiger partial charge in [-0.25, -0.2) is 0 Å². The van der Waals surface area contributed by atoms with E-state index >= 15 is 0 Å². The van der Waals surface area contributed by atoms with Gasteiger partial charge in [0.05, 0.1) is 12.7 Å². The third kappa shape index (κ3) is 4.74. The first kappa shape index (κ1) is 20.0. The van der Waals surface area contributed by atoms with Crippen molar-refractivity contribution in [3.05, 3.63) is 46.0 Å². The van der Waals surface area contributed by atoms with Crippen LogP contribution in [0.15, 0.2) is 40.4 Å². The molecule has 0 bridgehead atoms. The molecule has 5 nitrogen and oxygen atoms in total. The number of benzene rings is 1. The van der Waals surface area contributed by atoms with Crippen molar-refractivity contribution in [2.45, 2.75) is 31.7 Å². The molecule has 0 saturated carbocycles. The van der Waals surface area contributed by atoms with Crippen molar-refractivity contribution in [2.75, 3.05) is 39.5 Å². The molecule has 2 N–H and O–H groups in total. The fourth-order valence-electron chi connectivity index (χ4n) is 3.79. The number of halogens is 1. The number of rotatable bonds is 5. The molecule has 6 heteroatoms. The van der Waals surface area contributed by atoms with E-state index in [4.69, 9.17) is 10.5 Å². The summed E-state index contributed by atoms with van der Waals surface area (Å²) in [6.45, 7) is 3.09. The third-order valence-corrected chi connectivity index (χ3v) is 6.18. The van der Waals surface area contributed by atoms with Gasteiger partial charge in [0.1, 0.15) is 5.75 Å². The van der Waals surface area contributed by atoms with Crippen molar-refractivity contribution in [1.29, 1.82) is 0 Å². The van der Waals surface area contributed by atoms with Crippen LogP contribution >= 0.6 is 15.9 Å². The number of anilines is 1. The number of likely N-dealkylation sites (tertiary alicyclic amines) is 1. The van der Waals surface area contributed by atoms with E-state index in [-0.39, 0.29) is 11.9 Å². The second kappa shape index (κ2) is 8.93. The van der Waals surface area contributed by atoms with Crippen LogP contribution in [0.2, 0.25) is 0 Å². The molecule has 1 fully saturated rings. The molecule has 0 aromatic heterocycles. The van der Waals surface area contributed by atoms with Gasteiger partial charge < -0.3 is 15.4 Å². The Morgan fingerprint density at radius 2 is 2.07 bits per heavy atom. The van der Waals surface area contributed by atoms with E-state index in [0.717, 1.165) is 45.3 Å². The SMILES string of the molecule is COc1cc(N)c(Br)cc1C(=O)N(C)C1CCN(CC2=CCC=CC2)CC1. The zero-order chi connectivity index (χ0) is 19.4. The normalized spacial score (nSPS) is 18.3. The quantitative estimate of drug-likeness (QED) is 0.565. The van der Waals surface area contributed by atoms with Gasteiger partial charge in [-0.05, 0) is 47.7 Å². The van der Waals surface area contributed by atoms with Crippen molar-refractivity contribution < 1.29 is 9.53 Å². The van der Waals surface area contributed by atoms with Crippen LogP contribution in [0.25, 0.3) is 0 Å². The molecule has 1 aromatic rings. The minimum Gasteiger partial charge on any atom is -0.496 e. The lowest BCUT2D eigenvalue weighted by Gasteiger charge is -2.37. The molecule has 0 unspecified atom stereocenters. The molecule has 1 amide bonds. The molecule has 1 aliphatic carbocycles. The maximum atomic E-state index is 13.0. The largest absolute Gasteiger partial charge is 0.496 e. The highest BCUT2D eigenvalue weighted by molar-refractivity contribution is 9.10. The van der Waals surface area contributed by atoms with Crippen molar-refractivity contribution in [1.82, 2.24) is 9.80 Å². The summed E-state index contributed by atoms with van der Waals surface area (Å²) in [5.74, 6) is 0.494. The van der Waals surface area contributed by atoms with Gasteiger partial charge in [0.15, 0.2) is 0 Å². The van der Waals surface area contributed by atoms with E-state index in [1.165, 1.54) is 5.57 Å². The number of allylic oxidation sites excluding steroid dienone is 3. The summed E-state index contributed by atoms with van der Waals surface area (Å²) in [6, 6.07) is 3.70. The number of methoxy groups -OCH3 is 1. The Hall–Kier alpha value is -1.79. The first-order valence-electron chi connectivity index (χ1n) is 9.45. The van der Waals surface area contributed by atoms with Crippen LogP contribution in [-0.2, 0) is 0 Å². The van der Waals surface area contributed by atoms with Gasteiger partial charge in [0.2, 0.25) is 0 Å². The molecular formula is C21H28BrN3O2. The minimum atomic E-state index is -0.0221. The van der Waals surface area contributed by atoms with Crippen molar-refractivity contribution in [3.8, 4) is 5.75 Å². The Morgan fingerprint density at radius 1 is 1.33 bits per heavy atom. The van der Waals surface area contributed by atoms with E-state index in [1.54, 1.807) is 19.2 Å². The van der Waals surface area contributed by atoms with Gasteiger partial charge >= 0.3 is 0 Å². The molecule has 2 aliphatic rings. The summed E-state index contributed by atoms with van der Waals surface area (Å²) in [5.41, 5.74) is 8.53. The van der Waals surface area contributed by atoms with E-state index < -0.39 is 0 Å². The molecule has 1 aromatic carbocycles. The Morgan fingerprint density at radius 3 is 2.70 bits per heavy atom. The standard InChI is InChI=1S/C21H28BrN3O2/c1-24(21(26)17-12-18(22)19(23)13-20(17)27-2)16-8-10-25(11-9-16)14-15-6-4-3-5-7-15/h3-4,7,12-13,16H,5-6,8-11,14,23H2,1-2H3. The van der Waals surface area contributed by atoms with Gasteiger partial charge in [0, 0.05) is 49.0 Å². The number of nitrogens with two attached hydrogens (primary N) is 1. The molecule has 146 valence electrons. The van der Waals surface area contributed by atoms with Gasteiger partial charge in [0.25, 0.3) is 5.91 Å². The molecule has 27 heavy (non-hydrogen) atoms. The van der Waals surface area contributed by atoms with Crippen LogP contribution in [0.3, 0.4) is 0 Å². The molecule has 1 heterocycles. The predicted octanol–water partition coefficient (Wildman–Crippen LogP) is 3.85. The van der Waals surface area contributed by atoms with Crippen molar-refractivity contribution >= 4 is 27.5 Å². The fourth-order valence-corrected chi connectivity index (χ4v) is 4.13. The number of piperidine rings is 1. The van der Waals surface area contributed by atoms with Gasteiger partial charge in [-0.15, -0.1) is 0 Å². The molecule has 0 atom stereocenters. The number of nitrogens with zero attached hydrogens (tertiary/aromatic N) is 2. The highest BCUT2D eigenvalue weighted by Gasteiger charge is 2.28. The van der Waals surface area contributed by atoms with Crippen LogP contribution in [0.1, 0.15) is 36.0 Å². The number of ether oxygens (including phenoxy) is 1. The summed E-state index contributed by atoms with van der Waals surface area (Å²) < 4.78 is 6.09. The molecule has 1 aliphatic heterocycles. The first-order valence-corrected chi connectivity index (χ1v) is 10.2. The van der Waals surface area contributed by atoms with E-state index in [0.29, 0.717) is 21.5 Å². The van der Waals surface area contributed by atoms with Gasteiger partial charge in [-0.1, -0.05) is 23.8 Å². The summed E-state index contributed by atoms with van der Waals surface area (Å²) >= 11 is 3.41. The molecule has 0 radical (unpaired) electrons. The topological polar surface area (TPSA) is 58.8 Å². The lowest BCUT2D eigenvalue weighted by atomic mass is 10.00. The van der Waals surface area contributed by atoms with Gasteiger partial charge in [-0.2, -0.15) is 0 Å². The lowest BCUT2D eigenvalue weighted by molar-refractivity contribution is 0.0645. The average molecular weight is 434 g/mol. The van der Waals surface area contributed by atoms with Crippen molar-refractivity contribution in [2.24, 2.45) is 0 Å². The second-order valence-electron chi connectivity index (χ2n) is 7.27. The highest BCUT2D eigenvalue weighted by Crippen LogP contribution is 2.31. The Kier molecular flexibility index (Phi) is 6.60. The first-order chi connectivity index (χ1) is 13.0. The van der Waals surface area contributed by atoms with E-state index in [1.807, 2.05) is 11.9 Å². The van der Waals surface area contributed by atoms with Crippen LogP contribution in [0, 0.1) is 0 Å². The van der Waals surface area contributed by atoms with E-state index in [9.17, 15) is 4.79 Å². The summed E-state index contributed by atoms with van der Waals surface area (Å²) in [7, 11) is 3.45. The predicted molar refractivity (Wildman–Crippen MR) is 113 cm³/mol. The Bertz CT molecular complexity index is 752. The van der Waals surface area contributed by atoms with Crippen LogP contribution in [0.4, 0.5) is 5.69 Å². The number of amides is 1. The van der Waals surface area contributed by atoms with Crippen LogP contribution < -0.4 is 10.5 Å². The van der Waals surface area contributed by atoms with Crippen LogP contribution in [0.5, 0.6) is 5.75 Å². The number of hydrogen-bond acceptors (Lipinski definition) is 4. The number of carbonyl (C=O) groups is 1. The number of hydrogen-bond donors (Lipinski definition) is 1. The zero-order valence-corrected chi connectivity index (χ0v) is 17.7. The Balaban J connectivity index is 1.60. The molecule has 0 spiro atoms. The lowest BCUT2D eigenvalue weighted by Crippen LogP contribution is -2.46. The summed E-state index contributed by atoms with van der Waals surface area (Å²) in [4.78, 5) is 17.4. The molecule has 3 rings (SSSR count). The fraction of sp³-hybridized carbons (Fsp3) is 0.476. The van der Waals surface area contributed by atoms with Crippen LogP contribution in [-0.4, -0.2) is 55.5 Å². The maximum absolute atomic E-state index is 13.0. The van der Waals surface area contributed by atoms with E-state index in [2.05, 4.69) is 39.1 Å². The summed E-state index contributed by atoms with van der Waals surface area (Å²) in [6.07, 6.45) is 10.9. The Labute approximate surface area is 170 Å². The van der Waals surface area contributed by atoms with Gasteiger partial charge in [-0.3, -0.25) is 9.69 Å². The number of carbonyl (C=O) groups excluding carboxylic acids is 1. The maximum Gasteiger partial charge on any atom is 0.257 e. The molecule has 1 saturated heterocycles. The third-order valence-electron chi connectivity index (χ3n) is 5.49. The zero-order valence-electron chi connectivity index (χ0n) is 16.1. The smallest absolute Gasteiger partial charge is 0.257 e.